The summed E-state index contributed by atoms with van der Waals surface area (Å²) < 4.78 is 0. The summed E-state index contributed by atoms with van der Waals surface area (Å²) in [5.41, 5.74) is 7.40. The molecule has 1 aliphatic rings. The molecule has 22 heavy (non-hydrogen) atoms. The number of nitrogens with one attached hydrogen (secondary N) is 1. The number of likely N-dealkylation sites (tertiary alicyclic amines) is 1. The molecule has 0 atom stereocenters. The fourth-order valence-corrected chi connectivity index (χ4v) is 2.73. The van der Waals surface area contributed by atoms with Crippen LogP contribution < -0.4 is 11.1 Å². The fourth-order valence-electron chi connectivity index (χ4n) is 2.73. The van der Waals surface area contributed by atoms with E-state index in [1.165, 1.54) is 31.5 Å². The summed E-state index contributed by atoms with van der Waals surface area (Å²) in [5.74, 6) is 0.736. The van der Waals surface area contributed by atoms with E-state index >= 15 is 0 Å². The third kappa shape index (κ3) is 5.11. The van der Waals surface area contributed by atoms with Gasteiger partial charge in [-0.3, -0.25) is 9.69 Å². The second-order valence-electron chi connectivity index (χ2n) is 7.18. The normalized spacial score (nSPS) is 17.5. The first kappa shape index (κ1) is 17.0. The SMILES string of the molecule is CC1CCN(Cc2cccc(CNC(=O)C(C)(C)N)c2)CC1. The Bertz CT molecular complexity index is 499. The molecule has 1 aliphatic heterocycles. The lowest BCUT2D eigenvalue weighted by Crippen LogP contribution is -2.48. The molecule has 122 valence electrons. The highest BCUT2D eigenvalue weighted by Gasteiger charge is 2.21. The van der Waals surface area contributed by atoms with Crippen molar-refractivity contribution in [2.24, 2.45) is 11.7 Å². The molecule has 0 radical (unpaired) electrons. The Balaban J connectivity index is 1.88. The summed E-state index contributed by atoms with van der Waals surface area (Å²) in [6.07, 6.45) is 2.59. The Morgan fingerprint density at radius 1 is 1.32 bits per heavy atom. The van der Waals surface area contributed by atoms with Crippen LogP contribution in [0.4, 0.5) is 0 Å². The zero-order valence-electron chi connectivity index (χ0n) is 14.1. The highest BCUT2D eigenvalue weighted by atomic mass is 16.2. The van der Waals surface area contributed by atoms with Crippen LogP contribution in [0.15, 0.2) is 24.3 Å². The van der Waals surface area contributed by atoms with Gasteiger partial charge in [0.25, 0.3) is 0 Å². The van der Waals surface area contributed by atoms with Crippen LogP contribution in [0.3, 0.4) is 0 Å². The van der Waals surface area contributed by atoms with Crippen molar-refractivity contribution in [1.29, 1.82) is 0 Å². The number of nitrogens with zero attached hydrogens (tertiary/aromatic N) is 1. The number of nitrogens with two attached hydrogens (primary N) is 1. The van der Waals surface area contributed by atoms with Gasteiger partial charge >= 0.3 is 0 Å². The molecule has 1 fully saturated rings. The van der Waals surface area contributed by atoms with E-state index in [2.05, 4.69) is 35.3 Å². The van der Waals surface area contributed by atoms with E-state index in [4.69, 9.17) is 5.73 Å². The zero-order valence-corrected chi connectivity index (χ0v) is 14.1. The molecule has 0 aliphatic carbocycles. The Hall–Kier alpha value is -1.39. The first-order chi connectivity index (χ1) is 10.3. The number of amides is 1. The van der Waals surface area contributed by atoms with E-state index in [9.17, 15) is 4.79 Å². The van der Waals surface area contributed by atoms with Crippen LogP contribution in [0.25, 0.3) is 0 Å². The molecule has 1 heterocycles. The molecule has 0 aromatic heterocycles. The molecule has 1 saturated heterocycles. The van der Waals surface area contributed by atoms with Gasteiger partial charge in [-0.25, -0.2) is 0 Å². The number of hydrogen-bond donors (Lipinski definition) is 2. The average Bonchev–Trinajstić information content (AvgIpc) is 2.46. The molecule has 3 N–H and O–H groups in total. The van der Waals surface area contributed by atoms with Gasteiger partial charge in [0.15, 0.2) is 0 Å². The predicted octanol–water partition coefficient (Wildman–Crippen LogP) is 2.27. The van der Waals surface area contributed by atoms with Crippen molar-refractivity contribution in [1.82, 2.24) is 10.2 Å². The van der Waals surface area contributed by atoms with E-state index in [-0.39, 0.29) is 5.91 Å². The standard InChI is InChI=1S/C18H29N3O/c1-14-7-9-21(10-8-14)13-16-6-4-5-15(11-16)12-20-17(22)18(2,3)19/h4-6,11,14H,7-10,12-13,19H2,1-3H3,(H,20,22). The van der Waals surface area contributed by atoms with E-state index < -0.39 is 5.54 Å². The lowest BCUT2D eigenvalue weighted by molar-refractivity contribution is -0.125. The van der Waals surface area contributed by atoms with E-state index in [1.54, 1.807) is 13.8 Å². The Morgan fingerprint density at radius 3 is 2.59 bits per heavy atom. The largest absolute Gasteiger partial charge is 0.350 e. The summed E-state index contributed by atoms with van der Waals surface area (Å²) >= 11 is 0. The lowest BCUT2D eigenvalue weighted by Gasteiger charge is -2.30. The van der Waals surface area contributed by atoms with Gasteiger partial charge in [-0.1, -0.05) is 31.2 Å². The van der Waals surface area contributed by atoms with Crippen LogP contribution in [-0.4, -0.2) is 29.4 Å². The molecule has 1 amide bonds. The fraction of sp³-hybridized carbons (Fsp3) is 0.611. The average molecular weight is 303 g/mol. The van der Waals surface area contributed by atoms with Crippen molar-refractivity contribution < 1.29 is 4.79 Å². The van der Waals surface area contributed by atoms with Gasteiger partial charge in [0, 0.05) is 13.1 Å². The minimum Gasteiger partial charge on any atom is -0.350 e. The number of benzene rings is 1. The maximum atomic E-state index is 11.8. The van der Waals surface area contributed by atoms with Crippen molar-refractivity contribution in [3.63, 3.8) is 0 Å². The predicted molar refractivity (Wildman–Crippen MR) is 90.2 cm³/mol. The molecule has 0 saturated carbocycles. The number of carbonyl (C=O) groups excluding carboxylic acids is 1. The van der Waals surface area contributed by atoms with Crippen molar-refractivity contribution in [3.05, 3.63) is 35.4 Å². The molecule has 4 heteroatoms. The van der Waals surface area contributed by atoms with E-state index in [0.29, 0.717) is 6.54 Å². The van der Waals surface area contributed by atoms with Crippen LogP contribution in [-0.2, 0) is 17.9 Å². The van der Waals surface area contributed by atoms with Crippen LogP contribution in [0.1, 0.15) is 44.7 Å². The van der Waals surface area contributed by atoms with Gasteiger partial charge in [0.05, 0.1) is 5.54 Å². The summed E-state index contributed by atoms with van der Waals surface area (Å²) in [4.78, 5) is 14.3. The second kappa shape index (κ2) is 7.25. The van der Waals surface area contributed by atoms with Crippen LogP contribution >= 0.6 is 0 Å². The van der Waals surface area contributed by atoms with Gasteiger partial charge in [-0.05, 0) is 56.8 Å². The summed E-state index contributed by atoms with van der Waals surface area (Å²) in [6, 6.07) is 8.46. The molecular formula is C18H29N3O. The number of rotatable bonds is 5. The van der Waals surface area contributed by atoms with E-state index in [0.717, 1.165) is 18.0 Å². The molecule has 1 aromatic carbocycles. The molecule has 0 spiro atoms. The summed E-state index contributed by atoms with van der Waals surface area (Å²) in [6.45, 7) is 9.67. The first-order valence-corrected chi connectivity index (χ1v) is 8.22. The topological polar surface area (TPSA) is 58.4 Å². The van der Waals surface area contributed by atoms with Crippen molar-refractivity contribution in [2.45, 2.75) is 52.2 Å². The quantitative estimate of drug-likeness (QED) is 0.877. The van der Waals surface area contributed by atoms with Gasteiger partial charge in [0.2, 0.25) is 5.91 Å². The minimum absolute atomic E-state index is 0.122. The van der Waals surface area contributed by atoms with Crippen molar-refractivity contribution in [2.75, 3.05) is 13.1 Å². The van der Waals surface area contributed by atoms with Crippen molar-refractivity contribution >= 4 is 5.91 Å². The summed E-state index contributed by atoms with van der Waals surface area (Å²) in [5, 5.41) is 2.90. The van der Waals surface area contributed by atoms with Gasteiger partial charge in [0.1, 0.15) is 0 Å². The maximum absolute atomic E-state index is 11.8. The Kier molecular flexibility index (Phi) is 5.59. The van der Waals surface area contributed by atoms with Gasteiger partial charge in [-0.15, -0.1) is 0 Å². The molecule has 1 aromatic rings. The monoisotopic (exact) mass is 303 g/mol. The third-order valence-corrected chi connectivity index (χ3v) is 4.31. The van der Waals surface area contributed by atoms with Crippen LogP contribution in [0, 0.1) is 5.92 Å². The zero-order chi connectivity index (χ0) is 16.2. The number of carbonyl (C=O) groups is 1. The smallest absolute Gasteiger partial charge is 0.239 e. The highest BCUT2D eigenvalue weighted by molar-refractivity contribution is 5.84. The minimum atomic E-state index is -0.831. The van der Waals surface area contributed by atoms with Gasteiger partial charge in [-0.2, -0.15) is 0 Å². The van der Waals surface area contributed by atoms with Gasteiger partial charge < -0.3 is 11.1 Å². The maximum Gasteiger partial charge on any atom is 0.239 e. The molecule has 0 unspecified atom stereocenters. The van der Waals surface area contributed by atoms with E-state index in [1.807, 2.05) is 6.07 Å². The lowest BCUT2D eigenvalue weighted by atomic mass is 9.98. The van der Waals surface area contributed by atoms with Crippen LogP contribution in [0.5, 0.6) is 0 Å². The summed E-state index contributed by atoms with van der Waals surface area (Å²) in [7, 11) is 0. The Labute approximate surface area is 134 Å². The van der Waals surface area contributed by atoms with Crippen molar-refractivity contribution in [3.8, 4) is 0 Å². The Morgan fingerprint density at radius 2 is 1.95 bits per heavy atom. The molecular weight excluding hydrogens is 274 g/mol. The third-order valence-electron chi connectivity index (χ3n) is 4.31. The number of piperidine rings is 1. The molecule has 2 rings (SSSR count). The molecule has 4 nitrogen and oxygen atoms in total. The number of hydrogen-bond acceptors (Lipinski definition) is 3. The highest BCUT2D eigenvalue weighted by Crippen LogP contribution is 2.18. The first-order valence-electron chi connectivity index (χ1n) is 8.22. The van der Waals surface area contributed by atoms with Crippen LogP contribution in [0.2, 0.25) is 0 Å². The molecule has 0 bridgehead atoms. The second-order valence-corrected chi connectivity index (χ2v) is 7.18.